The summed E-state index contributed by atoms with van der Waals surface area (Å²) in [4.78, 5) is 11.3. The molecule has 30 heavy (non-hydrogen) atoms. The highest BCUT2D eigenvalue weighted by Gasteiger charge is 2.24. The first kappa shape index (κ1) is 19.1. The second kappa shape index (κ2) is 7.44. The van der Waals surface area contributed by atoms with Gasteiger partial charge in [0.05, 0.1) is 12.5 Å². The van der Waals surface area contributed by atoms with E-state index in [-0.39, 0.29) is 0 Å². The Bertz CT molecular complexity index is 1150. The van der Waals surface area contributed by atoms with Gasteiger partial charge in [0, 0.05) is 49.7 Å². The van der Waals surface area contributed by atoms with Crippen LogP contribution in [-0.4, -0.2) is 61.2 Å². The normalized spacial score (nSPS) is 18.0. The van der Waals surface area contributed by atoms with Crippen LogP contribution in [0.2, 0.25) is 0 Å². The van der Waals surface area contributed by atoms with Crippen LogP contribution in [0.25, 0.3) is 11.1 Å². The molecular weight excluding hydrogens is 404 g/mol. The number of hydrogen-bond donors (Lipinski definition) is 2. The summed E-state index contributed by atoms with van der Waals surface area (Å²) < 4.78 is 30.4. The highest BCUT2D eigenvalue weighted by Crippen LogP contribution is 2.30. The van der Waals surface area contributed by atoms with Gasteiger partial charge >= 0.3 is 0 Å². The summed E-state index contributed by atoms with van der Waals surface area (Å²) in [5.74, 6) is 1.23. The van der Waals surface area contributed by atoms with Crippen LogP contribution in [0.5, 0.6) is 0 Å². The summed E-state index contributed by atoms with van der Waals surface area (Å²) in [6.45, 7) is 2.37. The van der Waals surface area contributed by atoms with E-state index in [0.717, 1.165) is 35.6 Å². The molecule has 0 bridgehead atoms. The average molecular weight is 429 g/mol. The van der Waals surface area contributed by atoms with Crippen molar-refractivity contribution in [3.05, 3.63) is 36.6 Å². The van der Waals surface area contributed by atoms with E-state index in [4.69, 9.17) is 4.42 Å². The van der Waals surface area contributed by atoms with Crippen LogP contribution in [0.1, 0.15) is 12.8 Å². The van der Waals surface area contributed by atoms with Crippen molar-refractivity contribution in [1.82, 2.24) is 14.3 Å². The zero-order chi connectivity index (χ0) is 20.7. The van der Waals surface area contributed by atoms with Crippen molar-refractivity contribution in [3.8, 4) is 0 Å². The molecule has 2 aromatic heterocycles. The molecule has 1 aliphatic heterocycles. The highest BCUT2D eigenvalue weighted by atomic mass is 32.2. The fourth-order valence-electron chi connectivity index (χ4n) is 3.60. The summed E-state index contributed by atoms with van der Waals surface area (Å²) in [6.07, 6.45) is 5.18. The van der Waals surface area contributed by atoms with Gasteiger partial charge in [-0.15, -0.1) is 0 Å². The quantitative estimate of drug-likeness (QED) is 0.618. The van der Waals surface area contributed by atoms with Gasteiger partial charge in [-0.2, -0.15) is 9.29 Å². The molecule has 3 heterocycles. The van der Waals surface area contributed by atoms with E-state index in [1.165, 1.54) is 10.6 Å². The Morgan fingerprint density at radius 2 is 1.77 bits per heavy atom. The van der Waals surface area contributed by atoms with Gasteiger partial charge in [0.15, 0.2) is 11.4 Å². The van der Waals surface area contributed by atoms with Crippen molar-refractivity contribution in [3.63, 3.8) is 0 Å². The van der Waals surface area contributed by atoms with Crippen LogP contribution in [0.3, 0.4) is 0 Å². The number of nitrogens with zero attached hydrogens (tertiary/aromatic N) is 4. The number of benzene rings is 1. The number of nitrogens with one attached hydrogen (secondary N) is 2. The Morgan fingerprint density at radius 3 is 2.43 bits per heavy atom. The summed E-state index contributed by atoms with van der Waals surface area (Å²) >= 11 is 0. The number of fused-ring (bicyclic) bond motifs is 1. The number of furan rings is 1. The molecule has 0 atom stereocenters. The molecule has 2 N–H and O–H groups in total. The molecule has 1 saturated carbocycles. The number of hydrogen-bond acceptors (Lipinski definition) is 8. The molecule has 0 amide bonds. The van der Waals surface area contributed by atoms with Gasteiger partial charge < -0.3 is 20.0 Å². The first-order valence-electron chi connectivity index (χ1n) is 10.0. The van der Waals surface area contributed by atoms with Crippen LogP contribution in [0.4, 0.5) is 23.1 Å². The Labute approximate surface area is 175 Å². The van der Waals surface area contributed by atoms with Gasteiger partial charge in [-0.1, -0.05) is 0 Å². The van der Waals surface area contributed by atoms with Gasteiger partial charge in [0.1, 0.15) is 5.52 Å². The molecule has 9 nitrogen and oxygen atoms in total. The number of aromatic nitrogens is 2. The van der Waals surface area contributed by atoms with Crippen molar-refractivity contribution in [2.45, 2.75) is 18.9 Å². The minimum Gasteiger partial charge on any atom is -0.459 e. The number of rotatable bonds is 6. The van der Waals surface area contributed by atoms with E-state index in [9.17, 15) is 8.42 Å². The Morgan fingerprint density at radius 1 is 1.03 bits per heavy atom. The first-order chi connectivity index (χ1) is 14.5. The SMILES string of the molecule is CS(=O)(=O)N1CCN(c2ccc(Nc3nc(NC4CC4)c4occc4n3)cc2)CC1. The average Bonchev–Trinajstić information content (AvgIpc) is 3.41. The van der Waals surface area contributed by atoms with Crippen LogP contribution in [0, 0.1) is 0 Å². The second-order valence-corrected chi connectivity index (χ2v) is 9.75. The van der Waals surface area contributed by atoms with Crippen LogP contribution >= 0.6 is 0 Å². The number of sulfonamides is 1. The molecule has 0 unspecified atom stereocenters. The molecule has 0 radical (unpaired) electrons. The topological polar surface area (TPSA) is 104 Å². The largest absolute Gasteiger partial charge is 0.459 e. The highest BCUT2D eigenvalue weighted by molar-refractivity contribution is 7.88. The molecule has 1 saturated heterocycles. The fourth-order valence-corrected chi connectivity index (χ4v) is 4.43. The predicted molar refractivity (Wildman–Crippen MR) is 117 cm³/mol. The third-order valence-corrected chi connectivity index (χ3v) is 6.72. The van der Waals surface area contributed by atoms with Crippen molar-refractivity contribution in [2.75, 3.05) is 48.0 Å². The molecule has 2 aliphatic rings. The molecule has 10 heteroatoms. The van der Waals surface area contributed by atoms with E-state index in [1.807, 2.05) is 30.3 Å². The molecule has 2 fully saturated rings. The Hall–Kier alpha value is -2.85. The first-order valence-corrected chi connectivity index (χ1v) is 11.9. The standard InChI is InChI=1S/C20H24N6O3S/c1-30(27,28)26-11-9-25(10-12-26)16-6-4-15(5-7-16)22-20-23-17-8-13-29-18(17)19(24-20)21-14-2-3-14/h4-8,13-14H,2-3,9-12H2,1H3,(H2,21,22,23,24). The molecule has 5 rings (SSSR count). The van der Waals surface area contributed by atoms with Gasteiger partial charge in [-0.05, 0) is 37.1 Å². The fraction of sp³-hybridized carbons (Fsp3) is 0.400. The summed E-state index contributed by atoms with van der Waals surface area (Å²) in [5, 5.41) is 6.67. The van der Waals surface area contributed by atoms with Gasteiger partial charge in [-0.3, -0.25) is 0 Å². The third kappa shape index (κ3) is 4.05. The zero-order valence-corrected chi connectivity index (χ0v) is 17.5. The minimum absolute atomic E-state index is 0.462. The second-order valence-electron chi connectivity index (χ2n) is 7.77. The summed E-state index contributed by atoms with van der Waals surface area (Å²) in [6, 6.07) is 10.3. The van der Waals surface area contributed by atoms with E-state index in [2.05, 4.69) is 25.5 Å². The lowest BCUT2D eigenvalue weighted by atomic mass is 10.2. The lowest BCUT2D eigenvalue weighted by molar-refractivity contribution is 0.388. The van der Waals surface area contributed by atoms with Crippen molar-refractivity contribution in [2.24, 2.45) is 0 Å². The predicted octanol–water partition coefficient (Wildman–Crippen LogP) is 2.62. The van der Waals surface area contributed by atoms with Crippen LogP contribution in [-0.2, 0) is 10.0 Å². The molecule has 3 aromatic rings. The summed E-state index contributed by atoms with van der Waals surface area (Å²) in [5.41, 5.74) is 3.39. The molecule has 1 aromatic carbocycles. The van der Waals surface area contributed by atoms with Crippen molar-refractivity contribution in [1.29, 1.82) is 0 Å². The van der Waals surface area contributed by atoms with Crippen LogP contribution < -0.4 is 15.5 Å². The van der Waals surface area contributed by atoms with E-state index in [1.54, 1.807) is 6.26 Å². The summed E-state index contributed by atoms with van der Waals surface area (Å²) in [7, 11) is -3.12. The maximum atomic E-state index is 11.7. The van der Waals surface area contributed by atoms with Crippen LogP contribution in [0.15, 0.2) is 41.0 Å². The van der Waals surface area contributed by atoms with Gasteiger partial charge in [0.2, 0.25) is 16.0 Å². The third-order valence-electron chi connectivity index (χ3n) is 5.42. The molecule has 158 valence electrons. The Balaban J connectivity index is 1.28. The zero-order valence-electron chi connectivity index (χ0n) is 16.7. The van der Waals surface area contributed by atoms with Gasteiger partial charge in [0.25, 0.3) is 0 Å². The monoisotopic (exact) mass is 428 g/mol. The maximum absolute atomic E-state index is 11.7. The van der Waals surface area contributed by atoms with Gasteiger partial charge in [-0.25, -0.2) is 13.4 Å². The smallest absolute Gasteiger partial charge is 0.229 e. The number of anilines is 4. The van der Waals surface area contributed by atoms with E-state index < -0.39 is 10.0 Å². The van der Waals surface area contributed by atoms with E-state index >= 15 is 0 Å². The van der Waals surface area contributed by atoms with Crippen molar-refractivity contribution >= 4 is 44.3 Å². The Kier molecular flexibility index (Phi) is 4.75. The molecular formula is C20H24N6O3S. The minimum atomic E-state index is -3.12. The molecule has 0 spiro atoms. The lowest BCUT2D eigenvalue weighted by Gasteiger charge is -2.34. The van der Waals surface area contributed by atoms with E-state index in [0.29, 0.717) is 43.8 Å². The lowest BCUT2D eigenvalue weighted by Crippen LogP contribution is -2.48. The van der Waals surface area contributed by atoms with Crippen molar-refractivity contribution < 1.29 is 12.8 Å². The molecule has 1 aliphatic carbocycles. The number of piperazine rings is 1. The maximum Gasteiger partial charge on any atom is 0.229 e.